The van der Waals surface area contributed by atoms with Crippen molar-refractivity contribution < 1.29 is 14.3 Å². The normalized spacial score (nSPS) is 18.3. The minimum absolute atomic E-state index is 0.0685. The molecule has 0 spiro atoms. The predicted molar refractivity (Wildman–Crippen MR) is 91.0 cm³/mol. The maximum atomic E-state index is 12.4. The Morgan fingerprint density at radius 3 is 2.83 bits per heavy atom. The summed E-state index contributed by atoms with van der Waals surface area (Å²) in [6.07, 6.45) is 1.14. The van der Waals surface area contributed by atoms with E-state index in [9.17, 15) is 4.79 Å². The van der Waals surface area contributed by atoms with Gasteiger partial charge in [-0.3, -0.25) is 4.79 Å². The van der Waals surface area contributed by atoms with Crippen LogP contribution >= 0.6 is 0 Å². The number of nitrogens with zero attached hydrogens (tertiary/aromatic N) is 1. The molecule has 2 rings (SSSR count). The molecule has 5 nitrogen and oxygen atoms in total. The fourth-order valence-corrected chi connectivity index (χ4v) is 2.85. The molecule has 23 heavy (non-hydrogen) atoms. The standard InChI is InChI=1S/C18H28N2O3/c1-14(2)20-9-8-15(13-20)12-19-18(21)16-6-4-5-7-17(16)23-11-10-22-3/h4-7,14-15H,8-13H2,1-3H3,(H,19,21)/t15-/m1/s1. The Balaban J connectivity index is 1.86. The number of hydrogen-bond donors (Lipinski definition) is 1. The number of nitrogens with one attached hydrogen (secondary N) is 1. The number of carbonyl (C=O) groups excluding carboxylic acids is 1. The van der Waals surface area contributed by atoms with Gasteiger partial charge in [0.15, 0.2) is 0 Å². The van der Waals surface area contributed by atoms with Crippen LogP contribution in [0.25, 0.3) is 0 Å². The number of rotatable bonds is 8. The van der Waals surface area contributed by atoms with E-state index in [0.717, 1.165) is 19.5 Å². The molecular weight excluding hydrogens is 292 g/mol. The summed E-state index contributed by atoms with van der Waals surface area (Å²) in [6.45, 7) is 8.27. The van der Waals surface area contributed by atoms with E-state index in [1.54, 1.807) is 13.2 Å². The molecule has 0 bridgehead atoms. The second-order valence-electron chi connectivity index (χ2n) is 6.29. The van der Waals surface area contributed by atoms with Gasteiger partial charge in [0.1, 0.15) is 12.4 Å². The molecule has 0 radical (unpaired) electrons. The van der Waals surface area contributed by atoms with E-state index in [1.807, 2.05) is 18.2 Å². The number of para-hydroxylation sites is 1. The number of likely N-dealkylation sites (tertiary alicyclic amines) is 1. The zero-order valence-corrected chi connectivity index (χ0v) is 14.4. The summed E-state index contributed by atoms with van der Waals surface area (Å²) in [4.78, 5) is 14.9. The lowest BCUT2D eigenvalue weighted by molar-refractivity contribution is 0.0939. The average Bonchev–Trinajstić information content (AvgIpc) is 3.02. The van der Waals surface area contributed by atoms with Gasteiger partial charge >= 0.3 is 0 Å². The van der Waals surface area contributed by atoms with Crippen LogP contribution in [0, 0.1) is 5.92 Å². The largest absolute Gasteiger partial charge is 0.490 e. The highest BCUT2D eigenvalue weighted by Gasteiger charge is 2.24. The van der Waals surface area contributed by atoms with Crippen LogP contribution in [-0.4, -0.2) is 56.8 Å². The van der Waals surface area contributed by atoms with Crippen LogP contribution in [0.5, 0.6) is 5.75 Å². The second kappa shape index (κ2) is 8.89. The van der Waals surface area contributed by atoms with E-state index in [2.05, 4.69) is 24.1 Å². The Labute approximate surface area is 139 Å². The fourth-order valence-electron chi connectivity index (χ4n) is 2.85. The highest BCUT2D eigenvalue weighted by molar-refractivity contribution is 5.96. The highest BCUT2D eigenvalue weighted by atomic mass is 16.5. The Kier molecular flexibility index (Phi) is 6.86. The Morgan fingerprint density at radius 2 is 2.13 bits per heavy atom. The SMILES string of the molecule is COCCOc1ccccc1C(=O)NC[C@H]1CCN(C(C)C)C1. The lowest BCUT2D eigenvalue weighted by Crippen LogP contribution is -2.33. The van der Waals surface area contributed by atoms with Crippen LogP contribution in [-0.2, 0) is 4.74 Å². The quantitative estimate of drug-likeness (QED) is 0.746. The van der Waals surface area contributed by atoms with Gasteiger partial charge in [0, 0.05) is 26.2 Å². The third kappa shape index (κ3) is 5.22. The zero-order valence-electron chi connectivity index (χ0n) is 14.4. The average molecular weight is 320 g/mol. The first-order valence-electron chi connectivity index (χ1n) is 8.34. The minimum atomic E-state index is -0.0685. The van der Waals surface area contributed by atoms with Crippen molar-refractivity contribution in [1.82, 2.24) is 10.2 Å². The van der Waals surface area contributed by atoms with Gasteiger partial charge in [-0.1, -0.05) is 12.1 Å². The molecular formula is C18H28N2O3. The van der Waals surface area contributed by atoms with Crippen LogP contribution in [0.15, 0.2) is 24.3 Å². The number of ether oxygens (including phenoxy) is 2. The molecule has 0 aromatic heterocycles. The smallest absolute Gasteiger partial charge is 0.255 e. The Morgan fingerprint density at radius 1 is 1.35 bits per heavy atom. The molecule has 128 valence electrons. The summed E-state index contributed by atoms with van der Waals surface area (Å²) in [5.74, 6) is 1.07. The van der Waals surface area contributed by atoms with Crippen LogP contribution in [0.3, 0.4) is 0 Å². The number of methoxy groups -OCH3 is 1. The van der Waals surface area contributed by atoms with Gasteiger partial charge in [0.05, 0.1) is 12.2 Å². The van der Waals surface area contributed by atoms with Gasteiger partial charge < -0.3 is 19.7 Å². The van der Waals surface area contributed by atoms with Crippen molar-refractivity contribution in [3.05, 3.63) is 29.8 Å². The van der Waals surface area contributed by atoms with Crippen LogP contribution < -0.4 is 10.1 Å². The zero-order chi connectivity index (χ0) is 16.7. The molecule has 1 aromatic rings. The molecule has 0 saturated carbocycles. The molecule has 1 heterocycles. The summed E-state index contributed by atoms with van der Waals surface area (Å²) in [6, 6.07) is 7.92. The van der Waals surface area contributed by atoms with Crippen molar-refractivity contribution in [3.63, 3.8) is 0 Å². The molecule has 1 aromatic carbocycles. The van der Waals surface area contributed by atoms with Crippen molar-refractivity contribution in [1.29, 1.82) is 0 Å². The van der Waals surface area contributed by atoms with E-state index in [0.29, 0.717) is 43.0 Å². The van der Waals surface area contributed by atoms with Crippen molar-refractivity contribution in [3.8, 4) is 5.75 Å². The molecule has 1 amide bonds. The number of hydrogen-bond acceptors (Lipinski definition) is 4. The topological polar surface area (TPSA) is 50.8 Å². The second-order valence-corrected chi connectivity index (χ2v) is 6.29. The van der Waals surface area contributed by atoms with Gasteiger partial charge in [0.2, 0.25) is 0 Å². The lowest BCUT2D eigenvalue weighted by Gasteiger charge is -2.20. The van der Waals surface area contributed by atoms with E-state index in [4.69, 9.17) is 9.47 Å². The lowest BCUT2D eigenvalue weighted by atomic mass is 10.1. The minimum Gasteiger partial charge on any atom is -0.490 e. The van der Waals surface area contributed by atoms with Gasteiger partial charge in [-0.25, -0.2) is 0 Å². The summed E-state index contributed by atoms with van der Waals surface area (Å²) < 4.78 is 10.6. The van der Waals surface area contributed by atoms with Crippen LogP contribution in [0.4, 0.5) is 0 Å². The van der Waals surface area contributed by atoms with E-state index < -0.39 is 0 Å². The maximum Gasteiger partial charge on any atom is 0.255 e. The molecule has 1 aliphatic heterocycles. The Hall–Kier alpha value is -1.59. The van der Waals surface area contributed by atoms with Crippen LogP contribution in [0.2, 0.25) is 0 Å². The number of amides is 1. The van der Waals surface area contributed by atoms with Crippen molar-refractivity contribution >= 4 is 5.91 Å². The van der Waals surface area contributed by atoms with Gasteiger partial charge in [0.25, 0.3) is 5.91 Å². The third-order valence-electron chi connectivity index (χ3n) is 4.28. The third-order valence-corrected chi connectivity index (χ3v) is 4.28. The van der Waals surface area contributed by atoms with Crippen molar-refractivity contribution in [2.24, 2.45) is 5.92 Å². The number of benzene rings is 1. The molecule has 1 N–H and O–H groups in total. The van der Waals surface area contributed by atoms with E-state index in [-0.39, 0.29) is 5.91 Å². The molecule has 1 atom stereocenters. The van der Waals surface area contributed by atoms with Crippen LogP contribution in [0.1, 0.15) is 30.6 Å². The first-order valence-corrected chi connectivity index (χ1v) is 8.34. The van der Waals surface area contributed by atoms with E-state index in [1.165, 1.54) is 0 Å². The van der Waals surface area contributed by atoms with Gasteiger partial charge in [-0.2, -0.15) is 0 Å². The maximum absolute atomic E-state index is 12.4. The summed E-state index contributed by atoms with van der Waals surface area (Å²) in [7, 11) is 1.63. The summed E-state index contributed by atoms with van der Waals surface area (Å²) in [5.41, 5.74) is 0.585. The summed E-state index contributed by atoms with van der Waals surface area (Å²) >= 11 is 0. The monoisotopic (exact) mass is 320 g/mol. The molecule has 0 unspecified atom stereocenters. The first-order chi connectivity index (χ1) is 11.1. The highest BCUT2D eigenvalue weighted by Crippen LogP contribution is 2.20. The predicted octanol–water partition coefficient (Wildman–Crippen LogP) is 2.17. The molecule has 0 aliphatic carbocycles. The molecule has 1 fully saturated rings. The summed E-state index contributed by atoms with van der Waals surface area (Å²) in [5, 5.41) is 3.05. The first kappa shape index (κ1) is 17.8. The van der Waals surface area contributed by atoms with Gasteiger partial charge in [-0.15, -0.1) is 0 Å². The molecule has 5 heteroatoms. The van der Waals surface area contributed by atoms with Crippen molar-refractivity contribution in [2.45, 2.75) is 26.3 Å². The molecule has 1 aliphatic rings. The van der Waals surface area contributed by atoms with Crippen molar-refractivity contribution in [2.75, 3.05) is 40.0 Å². The fraction of sp³-hybridized carbons (Fsp3) is 0.611. The van der Waals surface area contributed by atoms with E-state index >= 15 is 0 Å². The number of carbonyl (C=O) groups is 1. The Bertz CT molecular complexity index is 505. The van der Waals surface area contributed by atoms with Gasteiger partial charge in [-0.05, 0) is 44.9 Å². The molecule has 1 saturated heterocycles.